The average molecular weight is 394 g/mol. The van der Waals surface area contributed by atoms with Crippen LogP contribution in [-0.4, -0.2) is 32.3 Å². The molecule has 2 atom stereocenters. The summed E-state index contributed by atoms with van der Waals surface area (Å²) in [6.07, 6.45) is 3.40. The van der Waals surface area contributed by atoms with E-state index >= 15 is 0 Å². The lowest BCUT2D eigenvalue weighted by Crippen LogP contribution is -2.24. The van der Waals surface area contributed by atoms with Gasteiger partial charge in [0.15, 0.2) is 17.6 Å². The summed E-state index contributed by atoms with van der Waals surface area (Å²) in [5.41, 5.74) is 3.78. The lowest BCUT2D eigenvalue weighted by atomic mass is 9.96. The van der Waals surface area contributed by atoms with Gasteiger partial charge in [-0.05, 0) is 48.6 Å². The molecule has 0 spiro atoms. The molecule has 0 saturated carbocycles. The van der Waals surface area contributed by atoms with Gasteiger partial charge in [0, 0.05) is 5.56 Å². The van der Waals surface area contributed by atoms with Gasteiger partial charge < -0.3 is 14.6 Å². The van der Waals surface area contributed by atoms with Crippen molar-refractivity contribution in [1.82, 2.24) is 20.6 Å². The molecular weight excluding hydrogens is 368 g/mol. The summed E-state index contributed by atoms with van der Waals surface area (Å²) in [7, 11) is 0. The first-order valence-electron chi connectivity index (χ1n) is 10.1. The van der Waals surface area contributed by atoms with Gasteiger partial charge in [0.2, 0.25) is 5.82 Å². The van der Waals surface area contributed by atoms with Crippen molar-refractivity contribution in [1.29, 1.82) is 0 Å². The van der Waals surface area contributed by atoms with Crippen LogP contribution in [-0.2, 0) is 6.42 Å². The molecule has 1 aliphatic rings. The molecule has 0 saturated heterocycles. The van der Waals surface area contributed by atoms with E-state index in [2.05, 4.69) is 39.7 Å². The van der Waals surface area contributed by atoms with E-state index in [9.17, 15) is 5.11 Å². The maximum atomic E-state index is 11.1. The maximum absolute atomic E-state index is 11.1. The number of aliphatic hydroxyl groups is 1. The SMILES string of the molecule is CCCCCc1ccc(C(O)c2cc(C)cc3c2OC(c2nn[nH]n2)CO3)cc1. The number of tetrazole rings is 1. The minimum Gasteiger partial charge on any atom is -0.485 e. The largest absolute Gasteiger partial charge is 0.485 e. The second-order valence-corrected chi connectivity index (χ2v) is 7.47. The number of nitrogens with zero attached hydrogens (tertiary/aromatic N) is 3. The summed E-state index contributed by atoms with van der Waals surface area (Å²) in [5.74, 6) is 1.57. The van der Waals surface area contributed by atoms with Crippen LogP contribution in [0.15, 0.2) is 36.4 Å². The van der Waals surface area contributed by atoms with Crippen LogP contribution >= 0.6 is 0 Å². The Morgan fingerprint density at radius 3 is 2.76 bits per heavy atom. The van der Waals surface area contributed by atoms with Gasteiger partial charge >= 0.3 is 0 Å². The quantitative estimate of drug-likeness (QED) is 0.592. The predicted octanol–water partition coefficient (Wildman–Crippen LogP) is 3.84. The van der Waals surface area contributed by atoms with Crippen LogP contribution in [0.5, 0.6) is 11.5 Å². The molecule has 4 rings (SSSR count). The minimum absolute atomic E-state index is 0.290. The van der Waals surface area contributed by atoms with Gasteiger partial charge in [-0.1, -0.05) is 49.2 Å². The minimum atomic E-state index is -0.819. The Balaban J connectivity index is 1.59. The number of H-pyrrole nitrogens is 1. The number of aromatic amines is 1. The lowest BCUT2D eigenvalue weighted by molar-refractivity contribution is 0.0797. The Labute approximate surface area is 170 Å². The van der Waals surface area contributed by atoms with Crippen LogP contribution in [0.25, 0.3) is 0 Å². The lowest BCUT2D eigenvalue weighted by Gasteiger charge is -2.28. The molecule has 1 aromatic heterocycles. The van der Waals surface area contributed by atoms with Crippen LogP contribution in [0, 0.1) is 6.92 Å². The van der Waals surface area contributed by atoms with Gasteiger partial charge in [0.25, 0.3) is 0 Å². The molecule has 0 amide bonds. The van der Waals surface area contributed by atoms with Crippen molar-refractivity contribution in [2.24, 2.45) is 0 Å². The molecule has 1 aliphatic heterocycles. The fourth-order valence-electron chi connectivity index (χ4n) is 3.60. The Hall–Kier alpha value is -2.93. The first-order chi connectivity index (χ1) is 14.2. The van der Waals surface area contributed by atoms with Crippen LogP contribution < -0.4 is 9.47 Å². The van der Waals surface area contributed by atoms with Crippen LogP contribution in [0.2, 0.25) is 0 Å². The third-order valence-electron chi connectivity index (χ3n) is 5.19. The summed E-state index contributed by atoms with van der Waals surface area (Å²) >= 11 is 0. The zero-order valence-electron chi connectivity index (χ0n) is 16.8. The van der Waals surface area contributed by atoms with E-state index in [0.29, 0.717) is 22.9 Å². The number of aryl methyl sites for hydroxylation is 2. The highest BCUT2D eigenvalue weighted by Crippen LogP contribution is 2.43. The maximum Gasteiger partial charge on any atom is 0.218 e. The molecule has 2 heterocycles. The fourth-order valence-corrected chi connectivity index (χ4v) is 3.60. The number of nitrogens with one attached hydrogen (secondary N) is 1. The zero-order valence-corrected chi connectivity index (χ0v) is 16.8. The van der Waals surface area contributed by atoms with Gasteiger partial charge in [0.05, 0.1) is 0 Å². The number of hydrogen-bond donors (Lipinski definition) is 2. The number of unbranched alkanes of at least 4 members (excludes halogenated alkanes) is 2. The van der Waals surface area contributed by atoms with Crippen molar-refractivity contribution in [3.63, 3.8) is 0 Å². The molecule has 29 heavy (non-hydrogen) atoms. The Bertz CT molecular complexity index is 941. The van der Waals surface area contributed by atoms with E-state index < -0.39 is 12.2 Å². The Morgan fingerprint density at radius 2 is 2.03 bits per heavy atom. The van der Waals surface area contributed by atoms with Crippen LogP contribution in [0.4, 0.5) is 0 Å². The molecule has 0 aliphatic carbocycles. The highest BCUT2D eigenvalue weighted by Gasteiger charge is 2.30. The zero-order chi connectivity index (χ0) is 20.2. The topological polar surface area (TPSA) is 93.2 Å². The van der Waals surface area contributed by atoms with E-state index in [-0.39, 0.29) is 6.61 Å². The van der Waals surface area contributed by atoms with Gasteiger partial charge in [-0.3, -0.25) is 0 Å². The number of aliphatic hydroxyl groups excluding tert-OH is 1. The molecule has 152 valence electrons. The third-order valence-corrected chi connectivity index (χ3v) is 5.19. The highest BCUT2D eigenvalue weighted by molar-refractivity contribution is 5.53. The van der Waals surface area contributed by atoms with Gasteiger partial charge in [-0.15, -0.1) is 10.2 Å². The van der Waals surface area contributed by atoms with Gasteiger partial charge in [0.1, 0.15) is 12.7 Å². The Morgan fingerprint density at radius 1 is 1.21 bits per heavy atom. The summed E-state index contributed by atoms with van der Waals surface area (Å²) in [4.78, 5) is 0. The van der Waals surface area contributed by atoms with Crippen molar-refractivity contribution >= 4 is 0 Å². The molecule has 2 aromatic carbocycles. The highest BCUT2D eigenvalue weighted by atomic mass is 16.6. The number of aromatic nitrogens is 4. The molecule has 0 fully saturated rings. The van der Waals surface area contributed by atoms with E-state index in [1.54, 1.807) is 0 Å². The molecule has 0 radical (unpaired) electrons. The molecule has 0 bridgehead atoms. The summed E-state index contributed by atoms with van der Waals surface area (Å²) in [6, 6.07) is 12.0. The normalized spacial score (nSPS) is 16.6. The Kier molecular flexibility index (Phi) is 5.76. The molecule has 7 heteroatoms. The van der Waals surface area contributed by atoms with Gasteiger partial charge in [-0.2, -0.15) is 5.21 Å². The van der Waals surface area contributed by atoms with Crippen molar-refractivity contribution in [3.8, 4) is 11.5 Å². The molecule has 3 aromatic rings. The molecule has 2 unspecified atom stereocenters. The number of ether oxygens (including phenoxy) is 2. The van der Waals surface area contributed by atoms with Crippen molar-refractivity contribution in [2.45, 2.75) is 51.7 Å². The predicted molar refractivity (Wildman–Crippen MR) is 108 cm³/mol. The van der Waals surface area contributed by atoms with Gasteiger partial charge in [-0.25, -0.2) is 0 Å². The smallest absolute Gasteiger partial charge is 0.218 e. The van der Waals surface area contributed by atoms with Crippen molar-refractivity contribution in [2.75, 3.05) is 6.61 Å². The first-order valence-corrected chi connectivity index (χ1v) is 10.1. The van der Waals surface area contributed by atoms with Crippen LogP contribution in [0.3, 0.4) is 0 Å². The monoisotopic (exact) mass is 394 g/mol. The second kappa shape index (κ2) is 8.61. The molecule has 7 nitrogen and oxygen atoms in total. The summed E-state index contributed by atoms with van der Waals surface area (Å²) in [6.45, 7) is 4.47. The number of rotatable bonds is 7. The standard InChI is InChI=1S/C22H26N4O3/c1-3-4-5-6-15-7-9-16(10-8-15)20(27)17-11-14(2)12-18-21(17)29-19(13-28-18)22-23-25-26-24-22/h7-12,19-20,27H,3-6,13H2,1-2H3,(H,23,24,25,26). The second-order valence-electron chi connectivity index (χ2n) is 7.47. The van der Waals surface area contributed by atoms with Crippen LogP contribution in [0.1, 0.15) is 66.5 Å². The fraction of sp³-hybridized carbons (Fsp3) is 0.409. The number of fused-ring (bicyclic) bond motifs is 1. The van der Waals surface area contributed by atoms with E-state index in [0.717, 1.165) is 17.5 Å². The van der Waals surface area contributed by atoms with E-state index in [1.165, 1.54) is 24.8 Å². The molecule has 2 N–H and O–H groups in total. The third kappa shape index (κ3) is 4.24. The van der Waals surface area contributed by atoms with E-state index in [1.807, 2.05) is 31.2 Å². The first kappa shape index (κ1) is 19.4. The van der Waals surface area contributed by atoms with E-state index in [4.69, 9.17) is 9.47 Å². The average Bonchev–Trinajstić information content (AvgIpc) is 3.28. The number of hydrogen-bond acceptors (Lipinski definition) is 6. The summed E-state index contributed by atoms with van der Waals surface area (Å²) < 4.78 is 12.0. The summed E-state index contributed by atoms with van der Waals surface area (Å²) in [5, 5.41) is 25.1. The van der Waals surface area contributed by atoms with Crippen molar-refractivity contribution < 1.29 is 14.6 Å². The van der Waals surface area contributed by atoms with Crippen molar-refractivity contribution in [3.05, 3.63) is 64.5 Å². The molecular formula is C22H26N4O3. The number of benzene rings is 2.